The minimum Gasteiger partial charge on any atom is -0.497 e. The van der Waals surface area contributed by atoms with Crippen LogP contribution in [0.4, 0.5) is 11.4 Å². The Hall–Kier alpha value is -3.35. The molecule has 0 bridgehead atoms. The minimum absolute atomic E-state index is 0.111. The van der Waals surface area contributed by atoms with E-state index in [1.807, 2.05) is 0 Å². The molecule has 1 atom stereocenters. The van der Waals surface area contributed by atoms with Gasteiger partial charge in [0, 0.05) is 25.7 Å². The number of carbonyl (C=O) groups is 3. The summed E-state index contributed by atoms with van der Waals surface area (Å²) >= 11 is 0. The second-order valence-corrected chi connectivity index (χ2v) is 6.22. The highest BCUT2D eigenvalue weighted by Gasteiger charge is 2.35. The third-order valence-corrected chi connectivity index (χ3v) is 4.54. The molecule has 0 spiro atoms. The number of benzene rings is 2. The number of amides is 3. The zero-order valence-corrected chi connectivity index (χ0v) is 15.2. The topological polar surface area (TPSA) is 87.7 Å². The van der Waals surface area contributed by atoms with Gasteiger partial charge in [0.05, 0.1) is 24.3 Å². The molecule has 27 heavy (non-hydrogen) atoms. The van der Waals surface area contributed by atoms with Crippen LogP contribution in [0.25, 0.3) is 0 Å². The first-order valence-corrected chi connectivity index (χ1v) is 8.60. The van der Waals surface area contributed by atoms with Crippen LogP contribution in [0.5, 0.6) is 5.75 Å². The summed E-state index contributed by atoms with van der Waals surface area (Å²) in [6.45, 7) is 0.291. The van der Waals surface area contributed by atoms with Crippen molar-refractivity contribution in [1.82, 2.24) is 5.32 Å². The molecule has 1 fully saturated rings. The number of nitrogens with one attached hydrogen (secondary N) is 2. The largest absolute Gasteiger partial charge is 0.497 e. The second-order valence-electron chi connectivity index (χ2n) is 6.22. The number of carbonyl (C=O) groups excluding carboxylic acids is 3. The number of methoxy groups -OCH3 is 1. The fraction of sp³-hybridized carbons (Fsp3) is 0.250. The standard InChI is InChI=1S/C20H21N3O4/c1-21-20(26)16-5-3-4-6-17(16)22-19(25)13-11-18(24)23(12-13)14-7-9-15(27-2)10-8-14/h3-10,13H,11-12H2,1-2H3,(H,21,26)(H,22,25)/t13-/m0/s1. The van der Waals surface area contributed by atoms with Crippen molar-refractivity contribution in [3.8, 4) is 5.75 Å². The molecule has 1 heterocycles. The van der Waals surface area contributed by atoms with Crippen molar-refractivity contribution in [3.05, 3.63) is 54.1 Å². The number of hydrogen-bond acceptors (Lipinski definition) is 4. The zero-order chi connectivity index (χ0) is 19.4. The number of ether oxygens (including phenoxy) is 1. The van der Waals surface area contributed by atoms with E-state index in [0.29, 0.717) is 23.5 Å². The lowest BCUT2D eigenvalue weighted by Gasteiger charge is -2.17. The molecule has 2 N–H and O–H groups in total. The molecule has 0 unspecified atom stereocenters. The van der Waals surface area contributed by atoms with Crippen molar-refractivity contribution < 1.29 is 19.1 Å². The Morgan fingerprint density at radius 2 is 1.81 bits per heavy atom. The van der Waals surface area contributed by atoms with Gasteiger partial charge in [0.1, 0.15) is 5.75 Å². The van der Waals surface area contributed by atoms with Crippen LogP contribution in [0.2, 0.25) is 0 Å². The molecular formula is C20H21N3O4. The normalized spacial score (nSPS) is 16.1. The van der Waals surface area contributed by atoms with Crippen LogP contribution in [0.1, 0.15) is 16.8 Å². The highest BCUT2D eigenvalue weighted by atomic mass is 16.5. The first kappa shape index (κ1) is 18.4. The highest BCUT2D eigenvalue weighted by molar-refractivity contribution is 6.07. The Labute approximate surface area is 157 Å². The number of rotatable bonds is 5. The maximum Gasteiger partial charge on any atom is 0.253 e. The smallest absolute Gasteiger partial charge is 0.253 e. The van der Waals surface area contributed by atoms with Crippen LogP contribution in [0, 0.1) is 5.92 Å². The van der Waals surface area contributed by atoms with E-state index >= 15 is 0 Å². The monoisotopic (exact) mass is 367 g/mol. The van der Waals surface area contributed by atoms with Crippen LogP contribution in [-0.2, 0) is 9.59 Å². The maximum absolute atomic E-state index is 12.7. The van der Waals surface area contributed by atoms with Gasteiger partial charge in [-0.25, -0.2) is 0 Å². The fourth-order valence-electron chi connectivity index (χ4n) is 3.05. The highest BCUT2D eigenvalue weighted by Crippen LogP contribution is 2.28. The summed E-state index contributed by atoms with van der Waals surface area (Å²) in [7, 11) is 3.11. The molecule has 0 radical (unpaired) electrons. The first-order valence-electron chi connectivity index (χ1n) is 8.60. The molecule has 2 aromatic rings. The van der Waals surface area contributed by atoms with Crippen molar-refractivity contribution in [3.63, 3.8) is 0 Å². The van der Waals surface area contributed by atoms with Crippen molar-refractivity contribution >= 4 is 29.1 Å². The number of para-hydroxylation sites is 1. The molecule has 3 rings (SSSR count). The molecule has 7 nitrogen and oxygen atoms in total. The second kappa shape index (κ2) is 7.90. The molecule has 7 heteroatoms. The van der Waals surface area contributed by atoms with Crippen molar-refractivity contribution in [2.75, 3.05) is 30.9 Å². The molecule has 1 saturated heterocycles. The molecule has 1 aliphatic heterocycles. The van der Waals surface area contributed by atoms with E-state index in [-0.39, 0.29) is 24.1 Å². The predicted octanol–water partition coefficient (Wildman–Crippen LogP) is 2.05. The van der Waals surface area contributed by atoms with Gasteiger partial charge in [-0.3, -0.25) is 14.4 Å². The van der Waals surface area contributed by atoms with Gasteiger partial charge in [-0.15, -0.1) is 0 Å². The molecule has 140 valence electrons. The van der Waals surface area contributed by atoms with Gasteiger partial charge in [0.15, 0.2) is 0 Å². The third-order valence-electron chi connectivity index (χ3n) is 4.54. The van der Waals surface area contributed by atoms with Crippen molar-refractivity contribution in [2.45, 2.75) is 6.42 Å². The Kier molecular flexibility index (Phi) is 5.40. The molecule has 3 amide bonds. The fourth-order valence-corrected chi connectivity index (χ4v) is 3.05. The van der Waals surface area contributed by atoms with Gasteiger partial charge >= 0.3 is 0 Å². The van der Waals surface area contributed by atoms with E-state index in [0.717, 1.165) is 5.69 Å². The van der Waals surface area contributed by atoms with E-state index in [1.54, 1.807) is 60.5 Å². The van der Waals surface area contributed by atoms with Gasteiger partial charge in [-0.1, -0.05) is 12.1 Å². The van der Waals surface area contributed by atoms with Gasteiger partial charge in [0.2, 0.25) is 11.8 Å². The van der Waals surface area contributed by atoms with Crippen LogP contribution in [0.15, 0.2) is 48.5 Å². The Morgan fingerprint density at radius 3 is 2.48 bits per heavy atom. The zero-order valence-electron chi connectivity index (χ0n) is 15.2. The summed E-state index contributed by atoms with van der Waals surface area (Å²) in [5, 5.41) is 5.33. The molecule has 0 saturated carbocycles. The van der Waals surface area contributed by atoms with Crippen LogP contribution in [-0.4, -0.2) is 38.4 Å². The summed E-state index contributed by atoms with van der Waals surface area (Å²) in [4.78, 5) is 38.6. The van der Waals surface area contributed by atoms with Gasteiger partial charge in [-0.05, 0) is 36.4 Å². The van der Waals surface area contributed by atoms with E-state index < -0.39 is 5.92 Å². The average molecular weight is 367 g/mol. The molecule has 0 aliphatic carbocycles. The molecular weight excluding hydrogens is 346 g/mol. The van der Waals surface area contributed by atoms with Gasteiger partial charge in [-0.2, -0.15) is 0 Å². The lowest BCUT2D eigenvalue weighted by molar-refractivity contribution is -0.122. The molecule has 1 aliphatic rings. The lowest BCUT2D eigenvalue weighted by Crippen LogP contribution is -2.29. The quantitative estimate of drug-likeness (QED) is 0.847. The van der Waals surface area contributed by atoms with Crippen LogP contribution >= 0.6 is 0 Å². The molecule has 2 aromatic carbocycles. The van der Waals surface area contributed by atoms with E-state index in [1.165, 1.54) is 7.05 Å². The summed E-state index contributed by atoms with van der Waals surface area (Å²) < 4.78 is 5.12. The average Bonchev–Trinajstić information content (AvgIpc) is 3.09. The number of nitrogens with zero attached hydrogens (tertiary/aromatic N) is 1. The van der Waals surface area contributed by atoms with E-state index in [4.69, 9.17) is 4.74 Å². The SMILES string of the molecule is CNC(=O)c1ccccc1NC(=O)[C@H]1CC(=O)N(c2ccc(OC)cc2)C1. The van der Waals surface area contributed by atoms with Crippen LogP contribution in [0.3, 0.4) is 0 Å². The van der Waals surface area contributed by atoms with E-state index in [9.17, 15) is 14.4 Å². The minimum atomic E-state index is -0.489. The van der Waals surface area contributed by atoms with E-state index in [2.05, 4.69) is 10.6 Å². The number of anilines is 2. The lowest BCUT2D eigenvalue weighted by atomic mass is 10.1. The van der Waals surface area contributed by atoms with Gasteiger partial charge < -0.3 is 20.3 Å². The van der Waals surface area contributed by atoms with Crippen molar-refractivity contribution in [1.29, 1.82) is 0 Å². The summed E-state index contributed by atoms with van der Waals surface area (Å²) in [5.74, 6) is -0.466. The Bertz CT molecular complexity index is 864. The van der Waals surface area contributed by atoms with Crippen LogP contribution < -0.4 is 20.3 Å². The third kappa shape index (κ3) is 3.92. The first-order chi connectivity index (χ1) is 13.0. The number of hydrogen-bond donors (Lipinski definition) is 2. The maximum atomic E-state index is 12.7. The predicted molar refractivity (Wildman–Crippen MR) is 102 cm³/mol. The summed E-state index contributed by atoms with van der Waals surface area (Å²) in [6, 6.07) is 13.9. The van der Waals surface area contributed by atoms with Gasteiger partial charge in [0.25, 0.3) is 5.91 Å². The summed E-state index contributed by atoms with van der Waals surface area (Å²) in [6.07, 6.45) is 0.125. The van der Waals surface area contributed by atoms with Crippen molar-refractivity contribution in [2.24, 2.45) is 5.92 Å². The summed E-state index contributed by atoms with van der Waals surface area (Å²) in [5.41, 5.74) is 1.53. The Morgan fingerprint density at radius 1 is 1.11 bits per heavy atom. The molecule has 0 aromatic heterocycles. The Balaban J connectivity index is 1.72.